The number of hydrogen-bond acceptors (Lipinski definition) is 4. The zero-order chi connectivity index (χ0) is 41.1. The van der Waals surface area contributed by atoms with Gasteiger partial charge in [-0.15, -0.1) is 0 Å². The molecule has 10 unspecified atom stereocenters. The Morgan fingerprint density at radius 1 is 0.897 bits per heavy atom. The summed E-state index contributed by atoms with van der Waals surface area (Å²) in [5.74, 6) is 2.96. The van der Waals surface area contributed by atoms with Gasteiger partial charge in [-0.25, -0.2) is 23.5 Å². The Labute approximate surface area is 346 Å². The molecule has 0 amide bonds. The molecule has 1 aromatic rings. The van der Waals surface area contributed by atoms with Gasteiger partial charge in [0.15, 0.2) is 0 Å². The Balaban J connectivity index is 1.14. The molecule has 6 aliphatic carbocycles. The third-order valence-electron chi connectivity index (χ3n) is 16.5. The van der Waals surface area contributed by atoms with Gasteiger partial charge in [-0.2, -0.15) is 4.91 Å². The summed E-state index contributed by atoms with van der Waals surface area (Å²) in [6.45, 7) is 19.3. The minimum Gasteiger partial charge on any atom is -0.246 e. The molecule has 0 radical (unpaired) electrons. The van der Waals surface area contributed by atoms with Crippen LogP contribution in [0, 0.1) is 57.2 Å². The van der Waals surface area contributed by atoms with E-state index >= 15 is 0 Å². The first-order valence-electron chi connectivity index (χ1n) is 22.8. The van der Waals surface area contributed by atoms with Crippen LogP contribution < -0.4 is 11.4 Å². The van der Waals surface area contributed by atoms with Gasteiger partial charge in [-0.3, -0.25) is 0 Å². The molecular weight excluding hydrogens is 717 g/mol. The Kier molecular flexibility index (Phi) is 11.2. The minimum atomic E-state index is -0.431. The summed E-state index contributed by atoms with van der Waals surface area (Å²) in [5.41, 5.74) is 7.65. The summed E-state index contributed by atoms with van der Waals surface area (Å²) in [6.07, 6.45) is 36.1. The van der Waals surface area contributed by atoms with Crippen molar-refractivity contribution in [3.8, 4) is 0 Å². The van der Waals surface area contributed by atoms with E-state index in [1.807, 2.05) is 4.68 Å². The van der Waals surface area contributed by atoms with Crippen LogP contribution in [0.5, 0.6) is 0 Å². The fraction of sp³-hybridized carbons (Fsp3) is 0.608. The summed E-state index contributed by atoms with van der Waals surface area (Å²) in [7, 11) is 0. The van der Waals surface area contributed by atoms with Crippen molar-refractivity contribution >= 4 is 0 Å². The third kappa shape index (κ3) is 7.10. The van der Waals surface area contributed by atoms with Crippen LogP contribution in [0.2, 0.25) is 0 Å². The molecule has 10 atom stereocenters. The number of allylic oxidation sites excluding steroid dienone is 18. The first-order valence-corrected chi connectivity index (χ1v) is 22.8. The minimum absolute atomic E-state index is 0.0331. The summed E-state index contributed by atoms with van der Waals surface area (Å²) < 4.78 is 5.10. The number of nitrogens with zero attached hydrogens (tertiary/aromatic N) is 4. The van der Waals surface area contributed by atoms with Crippen molar-refractivity contribution in [1.29, 1.82) is 0 Å². The lowest BCUT2D eigenvalue weighted by Gasteiger charge is -2.45. The van der Waals surface area contributed by atoms with E-state index in [9.17, 15) is 14.5 Å². The van der Waals surface area contributed by atoms with E-state index in [0.717, 1.165) is 44.9 Å². The maximum Gasteiger partial charge on any atom is 0.347 e. The SMILES string of the molecule is CC(C)C(C)/C=C/C(C)C1CCC2C3C=CC(CC(N=O)CCC(C)(C)C(C)CCC12C)n1c(=O)n(CCCC2=CC4=CC=CC5=CC=C6CC=CC2=C6C54)c(=O)n13. The van der Waals surface area contributed by atoms with Crippen molar-refractivity contribution < 1.29 is 0 Å². The number of hydrogen-bond donors (Lipinski definition) is 0. The molecule has 1 aromatic heterocycles. The molecule has 8 rings (SSSR count). The number of fused-ring (bicyclic) bond motifs is 7. The van der Waals surface area contributed by atoms with Crippen LogP contribution in [0.1, 0.15) is 132 Å². The van der Waals surface area contributed by atoms with Crippen molar-refractivity contribution in [2.45, 2.75) is 144 Å². The van der Waals surface area contributed by atoms with E-state index in [0.29, 0.717) is 61.3 Å². The zero-order valence-corrected chi connectivity index (χ0v) is 36.5. The second-order valence-electron chi connectivity index (χ2n) is 20.5. The van der Waals surface area contributed by atoms with E-state index < -0.39 is 12.1 Å². The van der Waals surface area contributed by atoms with Crippen LogP contribution in [0.15, 0.2) is 121 Å². The van der Waals surface area contributed by atoms with Gasteiger partial charge in [0.1, 0.15) is 0 Å². The van der Waals surface area contributed by atoms with Crippen molar-refractivity contribution in [2.24, 2.45) is 57.4 Å². The Hall–Kier alpha value is -4.00. The average molecular weight is 785 g/mol. The topological polar surface area (TPSA) is 78.4 Å². The highest BCUT2D eigenvalue weighted by Crippen LogP contribution is 2.59. The van der Waals surface area contributed by atoms with Gasteiger partial charge in [0.05, 0.1) is 18.1 Å². The standard InChI is InChI=1S/C51H68N4O3/c1-32(2)33(3)17-18-34(4)43-22-23-44-45-24-21-41(31-40(52-58)26-27-50(6,7)35(5)25-28-51(43,44)8)54-48(56)53(49(57)55(45)54)29-11-15-38-30-39-14-9-12-36-19-20-37-13-10-16-42(38)47(37)46(36)39/h9-10,12,14,16-21,24,30,32-35,40-41,43-46H,11,13,15,22-23,25-29,31H2,1-8H3/b18-17+. The van der Waals surface area contributed by atoms with E-state index in [1.165, 1.54) is 38.0 Å². The molecule has 2 bridgehead atoms. The van der Waals surface area contributed by atoms with Crippen LogP contribution in [-0.2, 0) is 6.54 Å². The molecule has 0 aromatic carbocycles. The number of nitroso groups, excluding NO2 is 1. The fourth-order valence-electron chi connectivity index (χ4n) is 12.0. The van der Waals surface area contributed by atoms with Gasteiger partial charge in [-0.1, -0.05) is 133 Å². The zero-order valence-electron chi connectivity index (χ0n) is 36.5. The maximum atomic E-state index is 14.9. The van der Waals surface area contributed by atoms with Crippen molar-refractivity contribution in [3.05, 3.63) is 132 Å². The molecule has 1 saturated carbocycles. The molecule has 7 aliphatic rings. The van der Waals surface area contributed by atoms with Crippen molar-refractivity contribution in [1.82, 2.24) is 13.9 Å². The molecule has 7 nitrogen and oxygen atoms in total. The molecule has 0 spiro atoms. The lowest BCUT2D eigenvalue weighted by Crippen LogP contribution is -2.44. The van der Waals surface area contributed by atoms with Crippen LogP contribution in [0.3, 0.4) is 0 Å². The lowest BCUT2D eigenvalue weighted by atomic mass is 9.62. The molecular formula is C51H68N4O3. The van der Waals surface area contributed by atoms with Crippen molar-refractivity contribution in [3.63, 3.8) is 0 Å². The van der Waals surface area contributed by atoms with E-state index in [2.05, 4.69) is 133 Å². The quantitative estimate of drug-likeness (QED) is 0.185. The average Bonchev–Trinajstić information content (AvgIpc) is 3.68. The highest BCUT2D eigenvalue weighted by atomic mass is 16.3. The fourth-order valence-corrected chi connectivity index (χ4v) is 12.0. The highest BCUT2D eigenvalue weighted by Gasteiger charge is 2.52. The first-order chi connectivity index (χ1) is 27.7. The summed E-state index contributed by atoms with van der Waals surface area (Å²) in [5, 5.41) is 3.63. The third-order valence-corrected chi connectivity index (χ3v) is 16.5. The Morgan fingerprint density at radius 2 is 1.69 bits per heavy atom. The Morgan fingerprint density at radius 3 is 2.47 bits per heavy atom. The largest absolute Gasteiger partial charge is 0.347 e. The van der Waals surface area contributed by atoms with E-state index in [-0.39, 0.29) is 34.2 Å². The predicted molar refractivity (Wildman–Crippen MR) is 237 cm³/mol. The summed E-state index contributed by atoms with van der Waals surface area (Å²) in [6, 6.07) is -1.05. The van der Waals surface area contributed by atoms with Gasteiger partial charge >= 0.3 is 11.4 Å². The molecule has 1 fully saturated rings. The molecule has 1 aliphatic heterocycles. The van der Waals surface area contributed by atoms with Gasteiger partial charge in [0.25, 0.3) is 0 Å². The van der Waals surface area contributed by atoms with E-state index in [4.69, 9.17) is 0 Å². The van der Waals surface area contributed by atoms with Crippen LogP contribution in [0.4, 0.5) is 0 Å². The van der Waals surface area contributed by atoms with Crippen LogP contribution in [-0.4, -0.2) is 20.0 Å². The second-order valence-corrected chi connectivity index (χ2v) is 20.5. The molecule has 2 heterocycles. The lowest BCUT2D eigenvalue weighted by molar-refractivity contribution is 0.0599. The Bertz CT molecular complexity index is 2200. The second kappa shape index (κ2) is 15.9. The number of aromatic nitrogens is 3. The summed E-state index contributed by atoms with van der Waals surface area (Å²) in [4.78, 5) is 42.0. The van der Waals surface area contributed by atoms with Gasteiger partial charge in [0.2, 0.25) is 0 Å². The monoisotopic (exact) mass is 785 g/mol. The smallest absolute Gasteiger partial charge is 0.246 e. The van der Waals surface area contributed by atoms with Gasteiger partial charge in [-0.05, 0) is 144 Å². The number of rotatable bonds is 9. The predicted octanol–water partition coefficient (Wildman–Crippen LogP) is 11.7. The van der Waals surface area contributed by atoms with Gasteiger partial charge in [0, 0.05) is 12.5 Å². The summed E-state index contributed by atoms with van der Waals surface area (Å²) >= 11 is 0. The maximum absolute atomic E-state index is 14.9. The van der Waals surface area contributed by atoms with Gasteiger partial charge < -0.3 is 0 Å². The highest BCUT2D eigenvalue weighted by molar-refractivity contribution is 5.69. The van der Waals surface area contributed by atoms with Crippen LogP contribution >= 0.6 is 0 Å². The van der Waals surface area contributed by atoms with Crippen molar-refractivity contribution in [2.75, 3.05) is 0 Å². The molecule has 0 saturated heterocycles. The molecule has 7 heteroatoms. The van der Waals surface area contributed by atoms with Crippen LogP contribution in [0.25, 0.3) is 0 Å². The first kappa shape index (κ1) is 40.8. The molecule has 0 N–H and O–H groups in total. The van der Waals surface area contributed by atoms with E-state index in [1.54, 1.807) is 4.68 Å². The molecule has 58 heavy (non-hydrogen) atoms. The normalized spacial score (nSPS) is 33.5. The molecule has 310 valence electrons.